The van der Waals surface area contributed by atoms with Gasteiger partial charge in [0.15, 0.2) is 0 Å². The molecule has 2 aliphatic heterocycles. The quantitative estimate of drug-likeness (QED) is 0.142. The highest BCUT2D eigenvalue weighted by atomic mass is 16.5. The molecule has 0 radical (unpaired) electrons. The molecule has 15 nitrogen and oxygen atoms in total. The first kappa shape index (κ1) is 54.3. The highest BCUT2D eigenvalue weighted by Gasteiger charge is 2.54. The van der Waals surface area contributed by atoms with Gasteiger partial charge < -0.3 is 34.3 Å². The zero-order chi connectivity index (χ0) is 54.9. The van der Waals surface area contributed by atoms with Crippen LogP contribution in [0.2, 0.25) is 0 Å². The van der Waals surface area contributed by atoms with Crippen molar-refractivity contribution in [2.75, 3.05) is 37.4 Å². The third-order valence-corrected chi connectivity index (χ3v) is 17.0. The normalized spacial score (nSPS) is 20.2. The van der Waals surface area contributed by atoms with E-state index >= 15 is 0 Å². The van der Waals surface area contributed by atoms with E-state index in [0.29, 0.717) is 69.0 Å². The van der Waals surface area contributed by atoms with Gasteiger partial charge in [-0.05, 0) is 148 Å². The SMILES string of the molecule is CCC.COc1ccc(C(=O)Nc2cnc3c(c(C4[C@@H]5CC[C@H]4CN(C(=O)C4CCCC4)C5)cn3C)c2C)cc1C#N.Cc1c(NC(=O)c2cccc(C#N)c2)cnc2c1c(C1CCN(C(=O)C(C)C)C3(CC3)C1)cn2C. The number of amides is 4. The Morgan fingerprint density at radius 3 is 1.90 bits per heavy atom. The van der Waals surface area contributed by atoms with Crippen molar-refractivity contribution in [2.24, 2.45) is 37.8 Å². The van der Waals surface area contributed by atoms with Crippen LogP contribution in [0.1, 0.15) is 164 Å². The number of fused-ring (bicyclic) bond motifs is 4. The lowest BCUT2D eigenvalue weighted by Crippen LogP contribution is -2.49. The van der Waals surface area contributed by atoms with Gasteiger partial charge in [-0.3, -0.25) is 19.2 Å². The number of pyridine rings is 2. The zero-order valence-electron chi connectivity index (χ0n) is 46.3. The van der Waals surface area contributed by atoms with E-state index in [4.69, 9.17) is 15.0 Å². The predicted octanol–water partition coefficient (Wildman–Crippen LogP) is 11.5. The number of carbonyl (C=O) groups excluding carboxylic acids is 4. The van der Waals surface area contributed by atoms with Crippen molar-refractivity contribution in [1.29, 1.82) is 10.5 Å². The Morgan fingerprint density at radius 2 is 1.35 bits per heavy atom. The first-order valence-corrected chi connectivity index (χ1v) is 27.7. The number of nitrogens with zero attached hydrogens (tertiary/aromatic N) is 8. The summed E-state index contributed by atoms with van der Waals surface area (Å²) in [6, 6.07) is 15.7. The summed E-state index contributed by atoms with van der Waals surface area (Å²) in [5.41, 5.74) is 9.23. The topological polar surface area (TPSA) is 191 Å². The first-order chi connectivity index (χ1) is 37.0. The number of methoxy groups -OCH3 is 1. The molecule has 2 N–H and O–H groups in total. The standard InChI is InChI=1S/C31H35N5O3.C28H31N5O2.C3H8/c1-18-25(34-30(37)20-10-11-26(39-3)23(12-20)13-32)14-33-29-27(18)24(17-35(29)2)28-21-8-9-22(28)16-36(15-21)31(38)19-6-4-5-7-19;1-17(2)27(35)33-11-8-21(13-28(33)9-10-28)22-16-32(4)25-24(22)18(3)23(15-30-25)31-26(34)20-7-5-6-19(12-20)14-29;1-3-2/h10-12,14,17,19,21-22,28H,4-9,15-16H2,1-3H3,(H,34,37);5-7,12,15-17,21H,8-11,13H2,1-4H3,(H,31,34);3H2,1-2H3/t21-,22+,28?;;. The second-order valence-electron chi connectivity index (χ2n) is 22.6. The number of hydrogen-bond donors (Lipinski definition) is 2. The largest absolute Gasteiger partial charge is 0.495 e. The summed E-state index contributed by atoms with van der Waals surface area (Å²) in [7, 11) is 5.54. The molecule has 77 heavy (non-hydrogen) atoms. The number of ether oxygens (including phenoxy) is 1. The van der Waals surface area contributed by atoms with Crippen molar-refractivity contribution in [3.8, 4) is 17.9 Å². The highest BCUT2D eigenvalue weighted by Crippen LogP contribution is 2.54. The Kier molecular flexibility index (Phi) is 15.9. The number of aromatic nitrogens is 4. The Bertz CT molecular complexity index is 3310. The van der Waals surface area contributed by atoms with Crippen LogP contribution in [-0.4, -0.2) is 84.8 Å². The van der Waals surface area contributed by atoms with E-state index in [9.17, 15) is 24.4 Å². The number of hydrogen-bond acceptors (Lipinski definition) is 9. The highest BCUT2D eigenvalue weighted by molar-refractivity contribution is 6.07. The van der Waals surface area contributed by atoms with Crippen LogP contribution in [-0.2, 0) is 23.7 Å². The second-order valence-corrected chi connectivity index (χ2v) is 22.6. The molecule has 15 heteroatoms. The van der Waals surface area contributed by atoms with Crippen molar-refractivity contribution in [1.82, 2.24) is 28.9 Å². The van der Waals surface area contributed by atoms with Gasteiger partial charge in [0.05, 0.1) is 48.1 Å². The van der Waals surface area contributed by atoms with Crippen LogP contribution in [0.5, 0.6) is 5.75 Å². The van der Waals surface area contributed by atoms with Crippen molar-refractivity contribution < 1.29 is 23.9 Å². The Balaban J connectivity index is 0.000000180. The minimum Gasteiger partial charge on any atom is -0.495 e. The van der Waals surface area contributed by atoms with Gasteiger partial charge in [-0.1, -0.05) is 53.0 Å². The smallest absolute Gasteiger partial charge is 0.255 e. The number of carbonyl (C=O) groups is 4. The summed E-state index contributed by atoms with van der Waals surface area (Å²) < 4.78 is 9.35. The number of piperidine rings is 2. The van der Waals surface area contributed by atoms with Gasteiger partial charge in [0.25, 0.3) is 11.8 Å². The van der Waals surface area contributed by atoms with Crippen LogP contribution in [0, 0.1) is 60.2 Å². The molecule has 5 aliphatic rings. The van der Waals surface area contributed by atoms with Gasteiger partial charge >= 0.3 is 0 Å². The van der Waals surface area contributed by atoms with E-state index in [1.807, 2.05) is 41.8 Å². The van der Waals surface area contributed by atoms with Crippen LogP contribution in [0.3, 0.4) is 0 Å². The summed E-state index contributed by atoms with van der Waals surface area (Å²) >= 11 is 0. The van der Waals surface area contributed by atoms with E-state index in [0.717, 1.165) is 104 Å². The third kappa shape index (κ3) is 10.7. The van der Waals surface area contributed by atoms with Gasteiger partial charge in [0, 0.05) is 85.4 Å². The molecule has 4 atom stereocenters. The monoisotopic (exact) mass is 1040 g/mol. The van der Waals surface area contributed by atoms with E-state index in [1.54, 1.807) is 54.9 Å². The zero-order valence-corrected chi connectivity index (χ0v) is 46.3. The Morgan fingerprint density at radius 1 is 0.779 bits per heavy atom. The Hall–Kier alpha value is -7.52. The molecule has 4 aromatic heterocycles. The van der Waals surface area contributed by atoms with Crippen LogP contribution < -0.4 is 15.4 Å². The van der Waals surface area contributed by atoms with Gasteiger partial charge in [0.2, 0.25) is 11.8 Å². The van der Waals surface area contributed by atoms with Gasteiger partial charge in [-0.25, -0.2) is 9.97 Å². The lowest BCUT2D eigenvalue weighted by atomic mass is 9.79. The van der Waals surface area contributed by atoms with E-state index in [1.165, 1.54) is 37.5 Å². The maximum absolute atomic E-state index is 13.2. The molecule has 2 aromatic carbocycles. The number of anilines is 2. The average Bonchev–Trinajstić information content (AvgIpc) is 3.82. The van der Waals surface area contributed by atoms with Gasteiger partial charge in [-0.2, -0.15) is 10.5 Å². The fraction of sp³-hybridized carbons (Fsp3) is 0.484. The average molecular weight is 1040 g/mol. The number of nitrogens with one attached hydrogen (secondary N) is 2. The number of likely N-dealkylation sites (tertiary alicyclic amines) is 2. The molecule has 402 valence electrons. The summed E-state index contributed by atoms with van der Waals surface area (Å²) in [6.45, 7) is 14.8. The third-order valence-electron chi connectivity index (χ3n) is 17.0. The maximum atomic E-state index is 13.2. The number of benzene rings is 2. The maximum Gasteiger partial charge on any atom is 0.255 e. The molecule has 2 saturated heterocycles. The molecule has 6 heterocycles. The number of nitriles is 2. The molecule has 6 aromatic rings. The summed E-state index contributed by atoms with van der Waals surface area (Å²) in [5.74, 6) is 2.39. The lowest BCUT2D eigenvalue weighted by Gasteiger charge is -2.41. The van der Waals surface area contributed by atoms with Crippen LogP contribution in [0.4, 0.5) is 11.4 Å². The fourth-order valence-corrected chi connectivity index (χ4v) is 13.0. The van der Waals surface area contributed by atoms with Gasteiger partial charge in [-0.15, -0.1) is 0 Å². The molecule has 5 fully saturated rings. The minimum absolute atomic E-state index is 0.00531. The minimum atomic E-state index is -0.297. The number of rotatable bonds is 9. The second kappa shape index (κ2) is 22.6. The fourth-order valence-electron chi connectivity index (χ4n) is 13.0. The van der Waals surface area contributed by atoms with Crippen LogP contribution in [0.15, 0.2) is 67.3 Å². The summed E-state index contributed by atoms with van der Waals surface area (Å²) in [5, 5.41) is 26.8. The first-order valence-electron chi connectivity index (χ1n) is 27.7. The lowest BCUT2D eigenvalue weighted by molar-refractivity contribution is -0.139. The molecular weight excluding hydrogens is 965 g/mol. The molecule has 11 rings (SSSR count). The number of aryl methyl sites for hydroxylation is 4. The molecule has 2 unspecified atom stereocenters. The predicted molar refractivity (Wildman–Crippen MR) is 300 cm³/mol. The van der Waals surface area contributed by atoms with Crippen molar-refractivity contribution >= 4 is 57.1 Å². The van der Waals surface area contributed by atoms with Crippen molar-refractivity contribution in [3.63, 3.8) is 0 Å². The van der Waals surface area contributed by atoms with E-state index in [2.05, 4.69) is 72.9 Å². The molecule has 3 saturated carbocycles. The summed E-state index contributed by atoms with van der Waals surface area (Å²) in [4.78, 5) is 65.9. The van der Waals surface area contributed by atoms with E-state index < -0.39 is 0 Å². The van der Waals surface area contributed by atoms with Crippen molar-refractivity contribution in [3.05, 3.63) is 112 Å². The van der Waals surface area contributed by atoms with Crippen molar-refractivity contribution in [2.45, 2.75) is 130 Å². The van der Waals surface area contributed by atoms with Crippen LogP contribution in [0.25, 0.3) is 22.1 Å². The van der Waals surface area contributed by atoms with E-state index in [-0.39, 0.29) is 35.1 Å². The molecular formula is C62H74N10O5. The molecule has 1 spiro atoms. The molecule has 4 amide bonds. The van der Waals surface area contributed by atoms with Crippen LogP contribution >= 0.6 is 0 Å². The summed E-state index contributed by atoms with van der Waals surface area (Å²) in [6.07, 6.45) is 19.8. The molecule has 3 aliphatic carbocycles. The van der Waals surface area contributed by atoms with Gasteiger partial charge in [0.1, 0.15) is 23.1 Å². The molecule has 2 bridgehead atoms. The Labute approximate surface area is 453 Å².